The first-order valence-corrected chi connectivity index (χ1v) is 15.4. The van der Waals surface area contributed by atoms with Crippen molar-refractivity contribution in [3.8, 4) is 0 Å². The summed E-state index contributed by atoms with van der Waals surface area (Å²) >= 11 is 0. The van der Waals surface area contributed by atoms with Crippen molar-refractivity contribution in [2.45, 2.75) is 63.7 Å². The third-order valence-corrected chi connectivity index (χ3v) is 8.06. The SMILES string of the molecule is CCn1nnc([C@H]2O[C@@H](n3cnc4c(NCCN5CCCCC5)nc(N(CO)CCc5ccccc5)nc43)[C@H](O)[C@@H]2O)n1.O=CO. The molecule has 1 aromatic carbocycles. The molecule has 17 heteroatoms. The zero-order chi connectivity index (χ0) is 32.5. The topological polar surface area (TPSA) is 213 Å². The Balaban J connectivity index is 0.00000134. The number of hydrogen-bond donors (Lipinski definition) is 5. The molecule has 5 heterocycles. The number of hydrogen-bond acceptors (Lipinski definition) is 14. The van der Waals surface area contributed by atoms with Gasteiger partial charge in [0.05, 0.1) is 12.9 Å². The highest BCUT2D eigenvalue weighted by Gasteiger charge is 2.47. The van der Waals surface area contributed by atoms with Crippen LogP contribution in [0.5, 0.6) is 0 Å². The van der Waals surface area contributed by atoms with Crippen molar-refractivity contribution in [1.82, 2.24) is 44.6 Å². The molecule has 2 aliphatic heterocycles. The smallest absolute Gasteiger partial charge is 0.290 e. The van der Waals surface area contributed by atoms with Crippen molar-refractivity contribution in [1.29, 1.82) is 0 Å². The summed E-state index contributed by atoms with van der Waals surface area (Å²) in [6, 6.07) is 10.0. The van der Waals surface area contributed by atoms with Crippen molar-refractivity contribution in [3.63, 3.8) is 0 Å². The van der Waals surface area contributed by atoms with Gasteiger partial charge in [-0.15, -0.1) is 10.2 Å². The monoisotopic (exact) mass is 639 g/mol. The quantitative estimate of drug-likeness (QED) is 0.105. The average molecular weight is 640 g/mol. The number of nitrogens with one attached hydrogen (secondary N) is 1. The van der Waals surface area contributed by atoms with Crippen LogP contribution in [0.3, 0.4) is 0 Å². The van der Waals surface area contributed by atoms with E-state index in [0.29, 0.717) is 49.0 Å². The lowest BCUT2D eigenvalue weighted by Gasteiger charge is -2.26. The van der Waals surface area contributed by atoms with Gasteiger partial charge in [-0.05, 0) is 50.1 Å². The van der Waals surface area contributed by atoms with Gasteiger partial charge in [-0.1, -0.05) is 36.8 Å². The van der Waals surface area contributed by atoms with E-state index in [-0.39, 0.29) is 19.0 Å². The fourth-order valence-corrected chi connectivity index (χ4v) is 5.62. The number of aliphatic hydroxyl groups excluding tert-OH is 3. The standard InChI is InChI=1S/C28H39N11O4.CH2O2/c1-2-39-34-25(33-35-39)23-21(41)22(42)27(43-23)38-17-30-20-24(29-12-16-36-13-7-4-8-14-36)31-28(32-26(20)38)37(18-40)15-11-19-9-5-3-6-10-19;2-1-3/h3,5-6,9-10,17,21-23,27,40-42H,2,4,7-8,11-16,18H2,1H3,(H,29,31,32);1H,(H,2,3)/t21-,22+,23-,27+;/m0./s1. The Bertz CT molecular complexity index is 1530. The minimum absolute atomic E-state index is 0.183. The van der Waals surface area contributed by atoms with Crippen molar-refractivity contribution >= 4 is 29.4 Å². The maximum atomic E-state index is 11.1. The maximum Gasteiger partial charge on any atom is 0.290 e. The molecule has 4 aromatic rings. The molecular formula is C29H41N11O6. The second kappa shape index (κ2) is 15.8. The van der Waals surface area contributed by atoms with Crippen LogP contribution in [0.2, 0.25) is 0 Å². The lowest BCUT2D eigenvalue weighted by Crippen LogP contribution is -2.34. The molecule has 3 aromatic heterocycles. The molecule has 0 saturated carbocycles. The van der Waals surface area contributed by atoms with Gasteiger partial charge in [-0.2, -0.15) is 14.8 Å². The van der Waals surface area contributed by atoms with E-state index in [0.717, 1.165) is 25.2 Å². The van der Waals surface area contributed by atoms with Crippen LogP contribution in [0.15, 0.2) is 36.7 Å². The number of carboxylic acid groups (broad SMARTS) is 1. The molecule has 5 N–H and O–H groups in total. The normalized spacial score (nSPS) is 21.6. The van der Waals surface area contributed by atoms with E-state index in [9.17, 15) is 15.3 Å². The summed E-state index contributed by atoms with van der Waals surface area (Å²) in [5, 5.41) is 54.8. The Kier molecular flexibility index (Phi) is 11.4. The Morgan fingerprint density at radius 2 is 1.87 bits per heavy atom. The molecule has 2 fully saturated rings. The number of aliphatic hydroxyl groups is 3. The first kappa shape index (κ1) is 33.1. The average Bonchev–Trinajstić information content (AvgIpc) is 3.81. The number of anilines is 2. The number of imidazole rings is 1. The summed E-state index contributed by atoms with van der Waals surface area (Å²) in [5.74, 6) is 1.01. The number of tetrazole rings is 1. The van der Waals surface area contributed by atoms with E-state index in [4.69, 9.17) is 24.6 Å². The van der Waals surface area contributed by atoms with E-state index in [1.807, 2.05) is 37.3 Å². The van der Waals surface area contributed by atoms with Gasteiger partial charge >= 0.3 is 0 Å². The fraction of sp³-hybridized carbons (Fsp3) is 0.552. The maximum absolute atomic E-state index is 11.1. The third kappa shape index (κ3) is 7.56. The number of carbonyl (C=O) groups is 1. The first-order chi connectivity index (χ1) is 22.5. The van der Waals surface area contributed by atoms with Crippen molar-refractivity contribution in [2.24, 2.45) is 0 Å². The molecule has 0 amide bonds. The summed E-state index contributed by atoms with van der Waals surface area (Å²) in [4.78, 5) is 28.0. The van der Waals surface area contributed by atoms with E-state index >= 15 is 0 Å². The molecule has 0 aliphatic carbocycles. The molecule has 17 nitrogen and oxygen atoms in total. The highest BCUT2D eigenvalue weighted by Crippen LogP contribution is 2.39. The molecule has 248 valence electrons. The van der Waals surface area contributed by atoms with Crippen LogP contribution in [-0.2, 0) is 22.5 Å². The third-order valence-electron chi connectivity index (χ3n) is 8.06. The molecule has 4 atom stereocenters. The van der Waals surface area contributed by atoms with Crippen LogP contribution in [0, 0.1) is 0 Å². The lowest BCUT2D eigenvalue weighted by molar-refractivity contribution is -0.122. The van der Waals surface area contributed by atoms with Crippen LogP contribution in [-0.4, -0.2) is 123 Å². The highest BCUT2D eigenvalue weighted by molar-refractivity contribution is 5.84. The van der Waals surface area contributed by atoms with Gasteiger partial charge in [-0.25, -0.2) is 4.98 Å². The van der Waals surface area contributed by atoms with E-state index < -0.39 is 24.5 Å². The zero-order valence-electron chi connectivity index (χ0n) is 25.7. The summed E-state index contributed by atoms with van der Waals surface area (Å²) in [5.41, 5.74) is 2.01. The molecule has 0 radical (unpaired) electrons. The number of piperidine rings is 1. The Morgan fingerprint density at radius 1 is 1.11 bits per heavy atom. The van der Waals surface area contributed by atoms with Crippen LogP contribution < -0.4 is 10.2 Å². The molecule has 0 bridgehead atoms. The van der Waals surface area contributed by atoms with Crippen LogP contribution in [0.4, 0.5) is 11.8 Å². The number of nitrogens with zero attached hydrogens (tertiary/aromatic N) is 10. The minimum atomic E-state index is -1.31. The highest BCUT2D eigenvalue weighted by atomic mass is 16.6. The molecular weight excluding hydrogens is 598 g/mol. The Morgan fingerprint density at radius 3 is 2.57 bits per heavy atom. The number of rotatable bonds is 12. The Labute approximate surface area is 265 Å². The number of likely N-dealkylation sites (tertiary alicyclic amines) is 1. The first-order valence-electron chi connectivity index (χ1n) is 15.4. The molecule has 46 heavy (non-hydrogen) atoms. The van der Waals surface area contributed by atoms with Crippen molar-refractivity contribution < 1.29 is 30.0 Å². The van der Waals surface area contributed by atoms with Gasteiger partial charge in [-0.3, -0.25) is 9.36 Å². The van der Waals surface area contributed by atoms with Gasteiger partial charge < -0.3 is 40.3 Å². The van der Waals surface area contributed by atoms with Crippen molar-refractivity contribution in [2.75, 3.05) is 49.7 Å². The molecule has 0 spiro atoms. The lowest BCUT2D eigenvalue weighted by atomic mass is 10.1. The predicted octanol–water partition coefficient (Wildman–Crippen LogP) is 0.422. The van der Waals surface area contributed by atoms with E-state index in [1.54, 1.807) is 9.47 Å². The minimum Gasteiger partial charge on any atom is -0.483 e. The van der Waals surface area contributed by atoms with E-state index in [1.165, 1.54) is 30.4 Å². The predicted molar refractivity (Wildman–Crippen MR) is 166 cm³/mol. The molecule has 6 rings (SSSR count). The molecule has 2 saturated heterocycles. The van der Waals surface area contributed by atoms with Crippen LogP contribution in [0.1, 0.15) is 49.9 Å². The summed E-state index contributed by atoms with van der Waals surface area (Å²) < 4.78 is 7.69. The van der Waals surface area contributed by atoms with Gasteiger partial charge in [0.1, 0.15) is 18.9 Å². The zero-order valence-corrected chi connectivity index (χ0v) is 25.7. The molecule has 0 unspecified atom stereocenters. The van der Waals surface area contributed by atoms with Gasteiger partial charge in [0, 0.05) is 19.6 Å². The number of ether oxygens (including phenoxy) is 1. The van der Waals surface area contributed by atoms with Gasteiger partial charge in [0.15, 0.2) is 29.3 Å². The van der Waals surface area contributed by atoms with Crippen LogP contribution in [0.25, 0.3) is 11.2 Å². The fourth-order valence-electron chi connectivity index (χ4n) is 5.62. The van der Waals surface area contributed by atoms with Gasteiger partial charge in [0.25, 0.3) is 6.47 Å². The Hall–Kier alpha value is -4.29. The van der Waals surface area contributed by atoms with Crippen molar-refractivity contribution in [3.05, 3.63) is 48.0 Å². The van der Waals surface area contributed by atoms with Crippen LogP contribution >= 0.6 is 0 Å². The molecule has 2 aliphatic rings. The summed E-state index contributed by atoms with van der Waals surface area (Å²) in [7, 11) is 0. The number of fused-ring (bicyclic) bond motifs is 1. The largest absolute Gasteiger partial charge is 0.483 e. The summed E-state index contributed by atoms with van der Waals surface area (Å²) in [6.45, 7) is 6.01. The van der Waals surface area contributed by atoms with E-state index in [2.05, 4.69) is 30.6 Å². The summed E-state index contributed by atoms with van der Waals surface area (Å²) in [6.07, 6.45) is 1.29. The number of aryl methyl sites for hydroxylation is 1. The number of benzene rings is 1. The second-order valence-electron chi connectivity index (χ2n) is 11.0. The second-order valence-corrected chi connectivity index (χ2v) is 11.0. The number of aromatic nitrogens is 8. The van der Waals surface area contributed by atoms with Gasteiger partial charge in [0.2, 0.25) is 11.8 Å².